The predicted molar refractivity (Wildman–Crippen MR) is 119 cm³/mol. The fourth-order valence-corrected chi connectivity index (χ4v) is 3.75. The molecule has 0 bridgehead atoms. The average molecular weight is 424 g/mol. The van der Waals surface area contributed by atoms with Crippen molar-refractivity contribution in [3.05, 3.63) is 59.6 Å². The van der Waals surface area contributed by atoms with E-state index < -0.39 is 5.91 Å². The highest BCUT2D eigenvalue weighted by atomic mass is 35.5. The summed E-state index contributed by atoms with van der Waals surface area (Å²) in [5.41, 5.74) is 14.9. The summed E-state index contributed by atoms with van der Waals surface area (Å²) in [7, 11) is 0. The Morgan fingerprint density at radius 3 is 2.90 bits per heavy atom. The Kier molecular flexibility index (Phi) is 5.78. The van der Waals surface area contributed by atoms with Gasteiger partial charge in [0.25, 0.3) is 5.91 Å². The van der Waals surface area contributed by atoms with Crippen molar-refractivity contribution in [3.8, 4) is 11.4 Å². The molecule has 1 unspecified atom stereocenters. The minimum Gasteiger partial charge on any atom is -0.397 e. The minimum atomic E-state index is -0.433. The largest absolute Gasteiger partial charge is 0.397 e. The number of nitrogens with two attached hydrogens (primary N) is 2. The van der Waals surface area contributed by atoms with Gasteiger partial charge in [-0.1, -0.05) is 11.6 Å². The van der Waals surface area contributed by atoms with Crippen molar-refractivity contribution in [2.75, 3.05) is 29.0 Å². The number of piperidine rings is 1. The van der Waals surface area contributed by atoms with Gasteiger partial charge in [0.1, 0.15) is 5.69 Å². The molecule has 30 heavy (non-hydrogen) atoms. The van der Waals surface area contributed by atoms with E-state index in [1.807, 2.05) is 6.07 Å². The fourth-order valence-electron chi connectivity index (χ4n) is 3.53. The topological polar surface area (TPSA) is 123 Å². The highest BCUT2D eigenvalue weighted by Gasteiger charge is 2.21. The molecule has 1 aliphatic rings. The van der Waals surface area contributed by atoms with Crippen molar-refractivity contribution >= 4 is 34.6 Å². The molecule has 0 aromatic carbocycles. The zero-order chi connectivity index (χ0) is 21.1. The van der Waals surface area contributed by atoms with E-state index in [2.05, 4.69) is 25.2 Å². The number of nitrogens with zero attached hydrogens (tertiary/aromatic N) is 4. The number of carbonyl (C=O) groups excluding carboxylic acids is 1. The molecule has 4 rings (SSSR count). The molecule has 0 spiro atoms. The van der Waals surface area contributed by atoms with Crippen molar-refractivity contribution in [2.45, 2.75) is 18.9 Å². The molecule has 1 amide bonds. The maximum Gasteiger partial charge on any atom is 0.276 e. The summed E-state index contributed by atoms with van der Waals surface area (Å²) in [6.07, 6.45) is 6.92. The third-order valence-corrected chi connectivity index (χ3v) is 5.29. The zero-order valence-corrected chi connectivity index (χ0v) is 17.0. The standard InChI is InChI=1S/C21H22ClN7O/c22-14-4-1-8-26-19(14)16-6-5-15(24)20(27-16)21(30)28-17-11-25-9-7-18(17)29-10-2-3-13(23)12-29/h1,4-9,11,13H,2-3,10,12,23-24H2,(H,28,30). The van der Waals surface area contributed by atoms with E-state index >= 15 is 0 Å². The van der Waals surface area contributed by atoms with Crippen LogP contribution in [0.5, 0.6) is 0 Å². The molecule has 1 atom stereocenters. The van der Waals surface area contributed by atoms with Gasteiger partial charge in [0.2, 0.25) is 0 Å². The molecule has 3 aromatic rings. The summed E-state index contributed by atoms with van der Waals surface area (Å²) < 4.78 is 0. The first-order chi connectivity index (χ1) is 14.5. The number of amides is 1. The Morgan fingerprint density at radius 2 is 2.10 bits per heavy atom. The van der Waals surface area contributed by atoms with Gasteiger partial charge >= 0.3 is 0 Å². The summed E-state index contributed by atoms with van der Waals surface area (Å²) >= 11 is 6.22. The quantitative estimate of drug-likeness (QED) is 0.589. The molecule has 1 saturated heterocycles. The number of nitrogens with one attached hydrogen (secondary N) is 1. The molecule has 5 N–H and O–H groups in total. The van der Waals surface area contributed by atoms with Crippen LogP contribution in [-0.2, 0) is 0 Å². The summed E-state index contributed by atoms with van der Waals surface area (Å²) in [4.78, 5) is 28.0. The zero-order valence-electron chi connectivity index (χ0n) is 16.3. The molecule has 154 valence electrons. The molecule has 0 radical (unpaired) electrons. The second kappa shape index (κ2) is 8.64. The van der Waals surface area contributed by atoms with E-state index in [0.717, 1.165) is 31.6 Å². The Balaban J connectivity index is 1.62. The maximum absolute atomic E-state index is 13.0. The van der Waals surface area contributed by atoms with Crippen molar-refractivity contribution in [2.24, 2.45) is 5.73 Å². The van der Waals surface area contributed by atoms with Crippen LogP contribution in [0, 0.1) is 0 Å². The van der Waals surface area contributed by atoms with Gasteiger partial charge in [-0.25, -0.2) is 4.98 Å². The lowest BCUT2D eigenvalue weighted by Crippen LogP contribution is -2.43. The van der Waals surface area contributed by atoms with E-state index in [4.69, 9.17) is 23.1 Å². The first-order valence-corrected chi connectivity index (χ1v) is 10.0. The number of rotatable bonds is 4. The van der Waals surface area contributed by atoms with E-state index in [9.17, 15) is 4.79 Å². The summed E-state index contributed by atoms with van der Waals surface area (Å²) in [5.74, 6) is -0.433. The van der Waals surface area contributed by atoms with Gasteiger partial charge in [-0.15, -0.1) is 0 Å². The van der Waals surface area contributed by atoms with Gasteiger partial charge in [-0.3, -0.25) is 14.8 Å². The molecule has 0 aliphatic carbocycles. The van der Waals surface area contributed by atoms with Crippen molar-refractivity contribution in [1.29, 1.82) is 0 Å². The summed E-state index contributed by atoms with van der Waals surface area (Å²) in [6.45, 7) is 1.59. The number of hydrogen-bond donors (Lipinski definition) is 3. The second-order valence-corrected chi connectivity index (χ2v) is 7.57. The number of halogens is 1. The van der Waals surface area contributed by atoms with Gasteiger partial charge in [0.05, 0.1) is 34.0 Å². The number of aromatic nitrogens is 3. The third-order valence-electron chi connectivity index (χ3n) is 4.99. The lowest BCUT2D eigenvalue weighted by Gasteiger charge is -2.33. The first-order valence-electron chi connectivity index (χ1n) is 9.66. The highest BCUT2D eigenvalue weighted by Crippen LogP contribution is 2.29. The fraction of sp³-hybridized carbons (Fsp3) is 0.238. The summed E-state index contributed by atoms with van der Waals surface area (Å²) in [5, 5.41) is 3.34. The predicted octanol–water partition coefficient (Wildman–Crippen LogP) is 2.95. The van der Waals surface area contributed by atoms with Gasteiger partial charge in [0.15, 0.2) is 5.69 Å². The van der Waals surface area contributed by atoms with Crippen LogP contribution in [0.15, 0.2) is 48.9 Å². The van der Waals surface area contributed by atoms with Crippen LogP contribution in [0.4, 0.5) is 17.1 Å². The van der Waals surface area contributed by atoms with Gasteiger partial charge in [-0.05, 0) is 43.2 Å². The normalized spacial score (nSPS) is 16.3. The second-order valence-electron chi connectivity index (χ2n) is 7.16. The van der Waals surface area contributed by atoms with Crippen LogP contribution >= 0.6 is 11.6 Å². The number of nitrogen functional groups attached to an aromatic ring is 1. The monoisotopic (exact) mass is 423 g/mol. The van der Waals surface area contributed by atoms with E-state index in [0.29, 0.717) is 22.1 Å². The Bertz CT molecular complexity index is 1070. The molecule has 1 aliphatic heterocycles. The molecule has 4 heterocycles. The minimum absolute atomic E-state index is 0.0966. The molecule has 8 nitrogen and oxygen atoms in total. The molecule has 9 heteroatoms. The Hall–Kier alpha value is -3.23. The van der Waals surface area contributed by atoms with Crippen molar-refractivity contribution < 1.29 is 4.79 Å². The lowest BCUT2D eigenvalue weighted by atomic mass is 10.1. The third kappa shape index (κ3) is 4.19. The van der Waals surface area contributed by atoms with Crippen LogP contribution < -0.4 is 21.7 Å². The Morgan fingerprint density at radius 1 is 1.23 bits per heavy atom. The van der Waals surface area contributed by atoms with Gasteiger partial charge in [-0.2, -0.15) is 0 Å². The van der Waals surface area contributed by atoms with Crippen LogP contribution in [0.2, 0.25) is 5.02 Å². The first kappa shape index (κ1) is 20.1. The average Bonchev–Trinajstić information content (AvgIpc) is 2.75. The molecule has 0 saturated carbocycles. The molecular weight excluding hydrogens is 402 g/mol. The number of anilines is 3. The van der Waals surface area contributed by atoms with Gasteiger partial charge in [0, 0.05) is 31.5 Å². The van der Waals surface area contributed by atoms with Crippen LogP contribution in [0.25, 0.3) is 11.4 Å². The highest BCUT2D eigenvalue weighted by molar-refractivity contribution is 6.32. The summed E-state index contributed by atoms with van der Waals surface area (Å²) in [6, 6.07) is 8.72. The number of hydrogen-bond acceptors (Lipinski definition) is 7. The van der Waals surface area contributed by atoms with Gasteiger partial charge < -0.3 is 21.7 Å². The Labute approximate surface area is 179 Å². The van der Waals surface area contributed by atoms with Crippen molar-refractivity contribution in [3.63, 3.8) is 0 Å². The lowest BCUT2D eigenvalue weighted by molar-refractivity contribution is 0.102. The van der Waals surface area contributed by atoms with Crippen LogP contribution in [0.3, 0.4) is 0 Å². The van der Waals surface area contributed by atoms with Crippen LogP contribution in [-0.4, -0.2) is 40.0 Å². The van der Waals surface area contributed by atoms with E-state index in [1.54, 1.807) is 42.9 Å². The number of pyridine rings is 3. The molecular formula is C21H22ClN7O. The smallest absolute Gasteiger partial charge is 0.276 e. The SMILES string of the molecule is Nc1ccc(-c2ncccc2Cl)nc1C(=O)Nc1cnccc1N1CCCC(N)C1. The van der Waals surface area contributed by atoms with E-state index in [1.165, 1.54) is 0 Å². The van der Waals surface area contributed by atoms with Crippen LogP contribution in [0.1, 0.15) is 23.3 Å². The number of carbonyl (C=O) groups is 1. The molecule has 1 fully saturated rings. The molecule has 3 aromatic heterocycles. The van der Waals surface area contributed by atoms with Crippen molar-refractivity contribution in [1.82, 2.24) is 15.0 Å². The maximum atomic E-state index is 13.0. The van der Waals surface area contributed by atoms with E-state index in [-0.39, 0.29) is 17.4 Å².